The lowest BCUT2D eigenvalue weighted by atomic mass is 9.95. The van der Waals surface area contributed by atoms with Crippen molar-refractivity contribution in [1.82, 2.24) is 9.21 Å². The Bertz CT molecular complexity index is 935. The van der Waals surface area contributed by atoms with E-state index in [0.29, 0.717) is 25.9 Å². The molecule has 1 atom stereocenters. The first kappa shape index (κ1) is 21.3. The molecule has 154 valence electrons. The number of carbonyl (C=O) groups is 1. The quantitative estimate of drug-likeness (QED) is 0.723. The minimum absolute atomic E-state index is 0.0146. The third-order valence-corrected chi connectivity index (χ3v) is 7.17. The summed E-state index contributed by atoms with van der Waals surface area (Å²) in [7, 11) is -1.66. The standard InChI is InChI=1S/C23H28N2O3S/c1-19(21-11-7-4-8-12-21)24(2)23(26)22-13-16-25(17-14-22)29(27,28)18-15-20-9-5-3-6-10-20/h3-12,15,18-19,22H,13-14,16-17H2,1-2H3/b18-15+/t19-/m1/s1. The van der Waals surface area contributed by atoms with Gasteiger partial charge in [-0.15, -0.1) is 0 Å². The van der Waals surface area contributed by atoms with E-state index >= 15 is 0 Å². The molecule has 1 fully saturated rings. The average Bonchev–Trinajstić information content (AvgIpc) is 2.77. The summed E-state index contributed by atoms with van der Waals surface area (Å²) in [4.78, 5) is 14.7. The molecule has 0 N–H and O–H groups in total. The molecule has 2 aromatic carbocycles. The van der Waals surface area contributed by atoms with Gasteiger partial charge in [-0.2, -0.15) is 4.31 Å². The first-order chi connectivity index (χ1) is 13.9. The van der Waals surface area contributed by atoms with Crippen LogP contribution in [0.25, 0.3) is 6.08 Å². The largest absolute Gasteiger partial charge is 0.339 e. The molecule has 0 unspecified atom stereocenters. The van der Waals surface area contributed by atoms with E-state index in [9.17, 15) is 13.2 Å². The molecule has 0 bridgehead atoms. The zero-order valence-corrected chi connectivity index (χ0v) is 17.8. The molecule has 0 spiro atoms. The zero-order valence-electron chi connectivity index (χ0n) is 16.9. The summed E-state index contributed by atoms with van der Waals surface area (Å²) in [6.07, 6.45) is 2.70. The molecule has 1 aliphatic rings. The van der Waals surface area contributed by atoms with Gasteiger partial charge in [0.05, 0.1) is 6.04 Å². The summed E-state index contributed by atoms with van der Waals surface area (Å²) >= 11 is 0. The Morgan fingerprint density at radius 1 is 1.03 bits per heavy atom. The minimum Gasteiger partial charge on any atom is -0.339 e. The van der Waals surface area contributed by atoms with Gasteiger partial charge in [-0.25, -0.2) is 8.42 Å². The highest BCUT2D eigenvalue weighted by molar-refractivity contribution is 7.92. The van der Waals surface area contributed by atoms with Crippen molar-refractivity contribution in [2.45, 2.75) is 25.8 Å². The number of rotatable bonds is 6. The van der Waals surface area contributed by atoms with Crippen LogP contribution in [0.3, 0.4) is 0 Å². The van der Waals surface area contributed by atoms with Gasteiger partial charge in [0.2, 0.25) is 15.9 Å². The minimum atomic E-state index is -3.48. The molecule has 1 aliphatic heterocycles. The van der Waals surface area contributed by atoms with Gasteiger partial charge in [-0.1, -0.05) is 60.7 Å². The normalized spacial score (nSPS) is 17.3. The predicted octanol–water partition coefficient (Wildman–Crippen LogP) is 3.92. The van der Waals surface area contributed by atoms with Gasteiger partial charge in [0, 0.05) is 31.5 Å². The lowest BCUT2D eigenvalue weighted by Crippen LogP contribution is -2.43. The zero-order chi connectivity index (χ0) is 20.9. The summed E-state index contributed by atoms with van der Waals surface area (Å²) in [6, 6.07) is 19.3. The molecule has 1 amide bonds. The fourth-order valence-corrected chi connectivity index (χ4v) is 4.83. The molecule has 1 saturated heterocycles. The van der Waals surface area contributed by atoms with E-state index in [4.69, 9.17) is 0 Å². The maximum absolute atomic E-state index is 12.9. The summed E-state index contributed by atoms with van der Waals surface area (Å²) in [5.41, 5.74) is 1.94. The maximum atomic E-state index is 12.9. The van der Waals surface area contributed by atoms with E-state index < -0.39 is 10.0 Å². The lowest BCUT2D eigenvalue weighted by molar-refractivity contribution is -0.137. The summed E-state index contributed by atoms with van der Waals surface area (Å²) in [6.45, 7) is 2.75. The van der Waals surface area contributed by atoms with Crippen LogP contribution in [-0.2, 0) is 14.8 Å². The fourth-order valence-electron chi connectivity index (χ4n) is 3.61. The molecular formula is C23H28N2O3S. The van der Waals surface area contributed by atoms with Crippen LogP contribution in [0.4, 0.5) is 0 Å². The topological polar surface area (TPSA) is 57.7 Å². The summed E-state index contributed by atoms with van der Waals surface area (Å²) < 4.78 is 26.7. The number of benzene rings is 2. The van der Waals surface area contributed by atoms with Crippen molar-refractivity contribution in [3.63, 3.8) is 0 Å². The van der Waals surface area contributed by atoms with Crippen LogP contribution in [0, 0.1) is 5.92 Å². The lowest BCUT2D eigenvalue weighted by Gasteiger charge is -2.34. The van der Waals surface area contributed by atoms with E-state index in [1.165, 1.54) is 9.71 Å². The van der Waals surface area contributed by atoms with Gasteiger partial charge in [0.15, 0.2) is 0 Å². The van der Waals surface area contributed by atoms with Crippen LogP contribution < -0.4 is 0 Å². The van der Waals surface area contributed by atoms with Crippen LogP contribution >= 0.6 is 0 Å². The van der Waals surface area contributed by atoms with Gasteiger partial charge >= 0.3 is 0 Å². The van der Waals surface area contributed by atoms with Crippen LogP contribution in [0.15, 0.2) is 66.1 Å². The smallest absolute Gasteiger partial charge is 0.236 e. The number of hydrogen-bond acceptors (Lipinski definition) is 3. The molecule has 0 aliphatic carbocycles. The highest BCUT2D eigenvalue weighted by Crippen LogP contribution is 2.26. The van der Waals surface area contributed by atoms with Crippen LogP contribution in [-0.4, -0.2) is 43.7 Å². The van der Waals surface area contributed by atoms with Crippen molar-refractivity contribution in [3.05, 3.63) is 77.2 Å². The van der Waals surface area contributed by atoms with Crippen molar-refractivity contribution in [3.8, 4) is 0 Å². The Morgan fingerprint density at radius 2 is 1.59 bits per heavy atom. The Kier molecular flexibility index (Phi) is 6.87. The Balaban J connectivity index is 1.58. The Morgan fingerprint density at radius 3 is 2.17 bits per heavy atom. The average molecular weight is 413 g/mol. The second kappa shape index (κ2) is 9.37. The predicted molar refractivity (Wildman–Crippen MR) is 116 cm³/mol. The monoisotopic (exact) mass is 412 g/mol. The molecule has 29 heavy (non-hydrogen) atoms. The number of sulfonamides is 1. The van der Waals surface area contributed by atoms with Gasteiger partial charge in [-0.3, -0.25) is 4.79 Å². The number of nitrogens with zero attached hydrogens (tertiary/aromatic N) is 2. The van der Waals surface area contributed by atoms with Crippen LogP contribution in [0.1, 0.15) is 36.9 Å². The highest BCUT2D eigenvalue weighted by Gasteiger charge is 2.32. The van der Waals surface area contributed by atoms with E-state index in [1.807, 2.05) is 74.6 Å². The SMILES string of the molecule is C[C@H](c1ccccc1)N(C)C(=O)C1CCN(S(=O)(=O)/C=C/c2ccccc2)CC1. The first-order valence-electron chi connectivity index (χ1n) is 9.93. The second-order valence-electron chi connectivity index (χ2n) is 7.47. The number of piperidine rings is 1. The van der Waals surface area contributed by atoms with E-state index in [1.54, 1.807) is 11.0 Å². The number of amides is 1. The molecule has 0 aromatic heterocycles. The summed E-state index contributed by atoms with van der Waals surface area (Å²) in [5.74, 6) is -0.0612. The van der Waals surface area contributed by atoms with E-state index in [-0.39, 0.29) is 17.9 Å². The van der Waals surface area contributed by atoms with Crippen molar-refractivity contribution in [2.75, 3.05) is 20.1 Å². The Hall–Kier alpha value is -2.44. The molecule has 2 aromatic rings. The maximum Gasteiger partial charge on any atom is 0.236 e. The molecule has 0 saturated carbocycles. The number of hydrogen-bond donors (Lipinski definition) is 0. The Labute approximate surface area is 173 Å². The van der Waals surface area contributed by atoms with Gasteiger partial charge in [-0.05, 0) is 37.0 Å². The molecule has 5 nitrogen and oxygen atoms in total. The van der Waals surface area contributed by atoms with Crippen molar-refractivity contribution < 1.29 is 13.2 Å². The van der Waals surface area contributed by atoms with Crippen molar-refractivity contribution in [1.29, 1.82) is 0 Å². The molecule has 0 radical (unpaired) electrons. The van der Waals surface area contributed by atoms with Crippen molar-refractivity contribution >= 4 is 22.0 Å². The fraction of sp³-hybridized carbons (Fsp3) is 0.348. The summed E-state index contributed by atoms with van der Waals surface area (Å²) in [5, 5.41) is 1.26. The van der Waals surface area contributed by atoms with E-state index in [2.05, 4.69) is 0 Å². The molecule has 3 rings (SSSR count). The second-order valence-corrected chi connectivity index (χ2v) is 9.29. The van der Waals surface area contributed by atoms with Gasteiger partial charge in [0.1, 0.15) is 0 Å². The highest BCUT2D eigenvalue weighted by atomic mass is 32.2. The number of carbonyl (C=O) groups excluding carboxylic acids is 1. The third kappa shape index (κ3) is 5.34. The van der Waals surface area contributed by atoms with Crippen molar-refractivity contribution in [2.24, 2.45) is 5.92 Å². The van der Waals surface area contributed by atoms with Crippen LogP contribution in [0.2, 0.25) is 0 Å². The first-order valence-corrected chi connectivity index (χ1v) is 11.4. The third-order valence-electron chi connectivity index (χ3n) is 5.61. The van der Waals surface area contributed by atoms with E-state index in [0.717, 1.165) is 11.1 Å². The van der Waals surface area contributed by atoms with Gasteiger partial charge in [0.25, 0.3) is 0 Å². The molecular weight excluding hydrogens is 384 g/mol. The molecule has 1 heterocycles. The van der Waals surface area contributed by atoms with Gasteiger partial charge < -0.3 is 4.90 Å². The van der Waals surface area contributed by atoms with Crippen LogP contribution in [0.5, 0.6) is 0 Å². The molecule has 6 heteroatoms.